The van der Waals surface area contributed by atoms with Crippen LogP contribution in [0.4, 0.5) is 4.39 Å². The number of aromatic nitrogens is 5. The van der Waals surface area contributed by atoms with Crippen molar-refractivity contribution >= 4 is 34.2 Å². The molecule has 2 aromatic heterocycles. The van der Waals surface area contributed by atoms with Crippen LogP contribution in [0.3, 0.4) is 0 Å². The number of benzene rings is 3. The molecule has 0 aliphatic carbocycles. The van der Waals surface area contributed by atoms with Gasteiger partial charge in [-0.2, -0.15) is 0 Å². The van der Waals surface area contributed by atoms with Crippen molar-refractivity contribution in [3.05, 3.63) is 106 Å². The van der Waals surface area contributed by atoms with Gasteiger partial charge in [0.05, 0.1) is 52.2 Å². The maximum absolute atomic E-state index is 13.6. The summed E-state index contributed by atoms with van der Waals surface area (Å²) in [5.74, 6) is -0.360. The largest absolute Gasteiger partial charge is 0.387 e. The highest BCUT2D eigenvalue weighted by molar-refractivity contribution is 6.42. The van der Waals surface area contributed by atoms with Crippen molar-refractivity contribution in [1.29, 1.82) is 5.41 Å². The Labute approximate surface area is 203 Å². The van der Waals surface area contributed by atoms with Gasteiger partial charge in [-0.15, -0.1) is 5.10 Å². The Bertz CT molecular complexity index is 1560. The Hall–Kier alpha value is -3.46. The average Bonchev–Trinajstić information content (AvgIpc) is 3.40. The molecule has 3 aromatic carbocycles. The third-order valence-corrected chi connectivity index (χ3v) is 6.33. The molecular weight excluding hydrogens is 478 g/mol. The van der Waals surface area contributed by atoms with Crippen LogP contribution in [-0.2, 0) is 13.1 Å². The molecule has 0 spiro atoms. The van der Waals surface area contributed by atoms with E-state index in [1.807, 2.05) is 24.3 Å². The summed E-state index contributed by atoms with van der Waals surface area (Å²) in [4.78, 5) is 0. The minimum absolute atomic E-state index is 0.153. The Kier molecular flexibility index (Phi) is 5.95. The predicted molar refractivity (Wildman–Crippen MR) is 128 cm³/mol. The predicted octanol–water partition coefficient (Wildman–Crippen LogP) is 4.73. The first-order valence-electron chi connectivity index (χ1n) is 10.4. The molecule has 172 valence electrons. The smallest absolute Gasteiger partial charge is 0.203 e. The molecule has 2 N–H and O–H groups in total. The number of halogens is 3. The Morgan fingerprint density at radius 1 is 0.941 bits per heavy atom. The van der Waals surface area contributed by atoms with E-state index >= 15 is 0 Å². The fourth-order valence-electron chi connectivity index (χ4n) is 3.92. The molecule has 10 heteroatoms. The van der Waals surface area contributed by atoms with Gasteiger partial charge in [0.1, 0.15) is 11.5 Å². The van der Waals surface area contributed by atoms with Crippen LogP contribution in [0.5, 0.6) is 0 Å². The van der Waals surface area contributed by atoms with Crippen molar-refractivity contribution in [1.82, 2.24) is 24.1 Å². The van der Waals surface area contributed by atoms with Crippen LogP contribution in [0.1, 0.15) is 17.4 Å². The lowest BCUT2D eigenvalue weighted by Crippen LogP contribution is -2.27. The molecule has 34 heavy (non-hydrogen) atoms. The second-order valence-electron chi connectivity index (χ2n) is 7.83. The molecule has 1 atom stereocenters. The zero-order valence-corrected chi connectivity index (χ0v) is 19.2. The number of rotatable bonds is 6. The van der Waals surface area contributed by atoms with Crippen molar-refractivity contribution < 1.29 is 9.50 Å². The first-order chi connectivity index (χ1) is 16.4. The molecule has 0 aliphatic rings. The summed E-state index contributed by atoms with van der Waals surface area (Å²) in [5.41, 5.74) is 3.58. The van der Waals surface area contributed by atoms with Crippen molar-refractivity contribution in [2.75, 3.05) is 0 Å². The van der Waals surface area contributed by atoms with Gasteiger partial charge < -0.3 is 14.2 Å². The summed E-state index contributed by atoms with van der Waals surface area (Å²) < 4.78 is 18.6. The molecule has 5 rings (SSSR count). The van der Waals surface area contributed by atoms with Crippen molar-refractivity contribution in [2.24, 2.45) is 0 Å². The van der Waals surface area contributed by atoms with Gasteiger partial charge in [0, 0.05) is 0 Å². The van der Waals surface area contributed by atoms with Gasteiger partial charge in [-0.25, -0.2) is 9.07 Å². The van der Waals surface area contributed by atoms with E-state index < -0.39 is 6.10 Å². The lowest BCUT2D eigenvalue weighted by Gasteiger charge is -2.13. The SMILES string of the molecule is N=c1n(Cc2cn(-c3cccc(F)c3)nn2)c2ccccc2n1CC(O)c1ccc(Cl)c(Cl)c1. The van der Waals surface area contributed by atoms with Crippen LogP contribution in [0, 0.1) is 11.2 Å². The van der Waals surface area contributed by atoms with Gasteiger partial charge in [-0.1, -0.05) is 52.7 Å². The molecule has 2 heterocycles. The Morgan fingerprint density at radius 3 is 2.44 bits per heavy atom. The highest BCUT2D eigenvalue weighted by Gasteiger charge is 2.17. The first kappa shape index (κ1) is 22.3. The molecule has 7 nitrogen and oxygen atoms in total. The third-order valence-electron chi connectivity index (χ3n) is 5.59. The molecule has 0 saturated carbocycles. The Balaban J connectivity index is 1.48. The number of fused-ring (bicyclic) bond motifs is 1. The highest BCUT2D eigenvalue weighted by atomic mass is 35.5. The highest BCUT2D eigenvalue weighted by Crippen LogP contribution is 2.27. The van der Waals surface area contributed by atoms with Crippen LogP contribution >= 0.6 is 23.2 Å². The van der Waals surface area contributed by atoms with Crippen LogP contribution in [0.2, 0.25) is 10.0 Å². The third kappa shape index (κ3) is 4.23. The van der Waals surface area contributed by atoms with Crippen molar-refractivity contribution in [3.8, 4) is 5.69 Å². The monoisotopic (exact) mass is 496 g/mol. The molecule has 0 fully saturated rings. The molecule has 0 saturated heterocycles. The standard InChI is InChI=1S/C24H19Cl2FN6O/c25-19-9-8-15(10-20(19)26)23(34)14-32-22-7-2-1-6-21(22)31(24(32)28)12-17-13-33(30-29-17)18-5-3-4-16(27)11-18/h1-11,13,23,28,34H,12,14H2. The summed E-state index contributed by atoms with van der Waals surface area (Å²) in [5, 5.41) is 28.7. The zero-order chi connectivity index (χ0) is 23.8. The lowest BCUT2D eigenvalue weighted by atomic mass is 10.1. The summed E-state index contributed by atoms with van der Waals surface area (Å²) in [6.07, 6.45) is 0.815. The van der Waals surface area contributed by atoms with Gasteiger partial charge >= 0.3 is 0 Å². The van der Waals surface area contributed by atoms with Crippen molar-refractivity contribution in [3.63, 3.8) is 0 Å². The summed E-state index contributed by atoms with van der Waals surface area (Å²) in [6, 6.07) is 18.6. The number of hydrogen-bond donors (Lipinski definition) is 2. The molecule has 0 bridgehead atoms. The summed E-state index contributed by atoms with van der Waals surface area (Å²) >= 11 is 12.1. The van der Waals surface area contributed by atoms with Gasteiger partial charge in [0.15, 0.2) is 0 Å². The molecule has 1 unspecified atom stereocenters. The number of nitrogens with zero attached hydrogens (tertiary/aromatic N) is 5. The quantitative estimate of drug-likeness (QED) is 0.356. The number of imidazole rings is 1. The minimum atomic E-state index is -0.892. The van der Waals surface area contributed by atoms with Crippen molar-refractivity contribution in [2.45, 2.75) is 19.2 Å². The second-order valence-corrected chi connectivity index (χ2v) is 8.65. The van der Waals surface area contributed by atoms with E-state index in [1.54, 1.807) is 45.7 Å². The topological polar surface area (TPSA) is 84.7 Å². The second kappa shape index (κ2) is 9.06. The molecule has 0 amide bonds. The van der Waals surface area contributed by atoms with Crippen LogP contribution < -0.4 is 5.62 Å². The Morgan fingerprint density at radius 2 is 1.71 bits per heavy atom. The number of aliphatic hydroxyl groups excluding tert-OH is 1. The van der Waals surface area contributed by atoms with E-state index in [1.165, 1.54) is 16.8 Å². The van der Waals surface area contributed by atoms with Crippen LogP contribution in [0.25, 0.3) is 16.7 Å². The van der Waals surface area contributed by atoms with Gasteiger partial charge in [0.2, 0.25) is 5.62 Å². The van der Waals surface area contributed by atoms with Crippen LogP contribution in [-0.4, -0.2) is 29.2 Å². The van der Waals surface area contributed by atoms with Gasteiger partial charge in [0.25, 0.3) is 0 Å². The lowest BCUT2D eigenvalue weighted by molar-refractivity contribution is 0.155. The fourth-order valence-corrected chi connectivity index (χ4v) is 4.22. The number of para-hydroxylation sites is 2. The molecule has 5 aromatic rings. The minimum Gasteiger partial charge on any atom is -0.387 e. The number of aliphatic hydroxyl groups is 1. The normalized spacial score (nSPS) is 12.4. The molecule has 0 aliphatic heterocycles. The average molecular weight is 497 g/mol. The van der Waals surface area contributed by atoms with E-state index in [9.17, 15) is 9.50 Å². The fraction of sp³-hybridized carbons (Fsp3) is 0.125. The molecular formula is C24H19Cl2FN6O. The summed E-state index contributed by atoms with van der Waals surface area (Å²) in [7, 11) is 0. The van der Waals surface area contributed by atoms with E-state index in [0.29, 0.717) is 27.0 Å². The van der Waals surface area contributed by atoms with E-state index in [4.69, 9.17) is 28.6 Å². The van der Waals surface area contributed by atoms with Gasteiger partial charge in [-0.3, -0.25) is 5.41 Å². The van der Waals surface area contributed by atoms with E-state index in [0.717, 1.165) is 11.0 Å². The maximum atomic E-state index is 13.6. The zero-order valence-electron chi connectivity index (χ0n) is 17.7. The maximum Gasteiger partial charge on any atom is 0.203 e. The number of hydrogen-bond acceptors (Lipinski definition) is 4. The van der Waals surface area contributed by atoms with E-state index in [-0.39, 0.29) is 24.5 Å². The van der Waals surface area contributed by atoms with E-state index in [2.05, 4.69) is 10.3 Å². The molecule has 0 radical (unpaired) electrons. The summed E-state index contributed by atoms with van der Waals surface area (Å²) in [6.45, 7) is 0.435. The van der Waals surface area contributed by atoms with Crippen LogP contribution in [0.15, 0.2) is 72.9 Å². The first-order valence-corrected chi connectivity index (χ1v) is 11.2. The van der Waals surface area contributed by atoms with Gasteiger partial charge in [-0.05, 0) is 48.0 Å². The number of nitrogens with one attached hydrogen (secondary N) is 1.